The van der Waals surface area contributed by atoms with E-state index < -0.39 is 29.2 Å². The van der Waals surface area contributed by atoms with Gasteiger partial charge in [-0.1, -0.05) is 0 Å². The summed E-state index contributed by atoms with van der Waals surface area (Å²) in [4.78, 5) is 49.8. The van der Waals surface area contributed by atoms with E-state index in [1.807, 2.05) is 20.8 Å². The number of carbonyl (C=O) groups excluding carboxylic acids is 3. The predicted molar refractivity (Wildman–Crippen MR) is 172 cm³/mol. The maximum absolute atomic E-state index is 15.5. The molecule has 1 saturated heterocycles. The number of pyridine rings is 2. The number of ether oxygens (including phenoxy) is 4. The minimum atomic E-state index is -0.701. The van der Waals surface area contributed by atoms with Crippen molar-refractivity contribution in [1.82, 2.24) is 14.9 Å². The predicted octanol–water partition coefficient (Wildman–Crippen LogP) is 6.83. The third-order valence-electron chi connectivity index (χ3n) is 8.34. The molecule has 2 fully saturated rings. The number of fused-ring (bicyclic) bond motifs is 2. The average molecular weight is 650 g/mol. The maximum atomic E-state index is 15.5. The Morgan fingerprint density at radius 1 is 0.936 bits per heavy atom. The molecule has 6 rings (SSSR count). The Hall–Kier alpha value is -4.68. The fourth-order valence-electron chi connectivity index (χ4n) is 6.30. The largest absolute Gasteiger partial charge is 0.474 e. The van der Waals surface area contributed by atoms with Crippen molar-refractivity contribution in [3.05, 3.63) is 42.0 Å². The Morgan fingerprint density at radius 2 is 1.62 bits per heavy atom. The molecule has 13 heteroatoms. The van der Waals surface area contributed by atoms with Gasteiger partial charge in [-0.15, -0.1) is 0 Å². The topological polar surface area (TPSA) is 132 Å². The van der Waals surface area contributed by atoms with Gasteiger partial charge >= 0.3 is 18.3 Å². The molecule has 250 valence electrons. The number of carbonyl (C=O) groups is 3. The fourth-order valence-corrected chi connectivity index (χ4v) is 6.30. The number of hydrogen-bond acceptors (Lipinski definition) is 9. The van der Waals surface area contributed by atoms with Gasteiger partial charge < -0.3 is 23.8 Å². The van der Waals surface area contributed by atoms with E-state index in [1.165, 1.54) is 23.4 Å². The molecule has 2 aliphatic heterocycles. The van der Waals surface area contributed by atoms with Crippen LogP contribution >= 0.6 is 0 Å². The first-order valence-corrected chi connectivity index (χ1v) is 15.7. The van der Waals surface area contributed by atoms with Crippen molar-refractivity contribution in [2.45, 2.75) is 78.6 Å². The van der Waals surface area contributed by atoms with Crippen molar-refractivity contribution in [3.63, 3.8) is 0 Å². The number of nitrogens with zero attached hydrogens (tertiary/aromatic N) is 4. The Kier molecular flexibility index (Phi) is 7.92. The molecule has 0 radical (unpaired) electrons. The number of likely N-dealkylation sites (tertiary alicyclic amines) is 1. The van der Waals surface area contributed by atoms with Crippen molar-refractivity contribution < 1.29 is 37.7 Å². The van der Waals surface area contributed by atoms with Crippen LogP contribution in [0.2, 0.25) is 0 Å². The van der Waals surface area contributed by atoms with E-state index in [0.29, 0.717) is 53.5 Å². The number of benzene rings is 1. The van der Waals surface area contributed by atoms with Crippen LogP contribution in [-0.4, -0.2) is 76.7 Å². The molecule has 3 aliphatic rings. The second-order valence-corrected chi connectivity index (χ2v) is 14.6. The van der Waals surface area contributed by atoms with Gasteiger partial charge in [-0.25, -0.2) is 28.7 Å². The molecule has 1 spiro atoms. The van der Waals surface area contributed by atoms with Crippen LogP contribution < -0.4 is 15.0 Å². The number of aromatic nitrogens is 2. The van der Waals surface area contributed by atoms with Crippen LogP contribution in [0, 0.1) is 18.2 Å². The molecule has 1 saturated carbocycles. The summed E-state index contributed by atoms with van der Waals surface area (Å²) in [5.74, 6) is 0.0254. The molecule has 12 nitrogen and oxygen atoms in total. The quantitative estimate of drug-likeness (QED) is 0.303. The molecule has 1 aliphatic carbocycles. The Bertz CT molecular complexity index is 1750. The van der Waals surface area contributed by atoms with Crippen LogP contribution in [0.25, 0.3) is 21.9 Å². The minimum absolute atomic E-state index is 0.0384. The van der Waals surface area contributed by atoms with Gasteiger partial charge in [0.15, 0.2) is 0 Å². The molecule has 0 unspecified atom stereocenters. The summed E-state index contributed by atoms with van der Waals surface area (Å²) in [6.07, 6.45) is 2.56. The summed E-state index contributed by atoms with van der Waals surface area (Å²) < 4.78 is 37.9. The van der Waals surface area contributed by atoms with Crippen LogP contribution in [-0.2, 0) is 14.2 Å². The van der Waals surface area contributed by atoms with Crippen LogP contribution in [0.4, 0.5) is 30.3 Å². The van der Waals surface area contributed by atoms with E-state index in [4.69, 9.17) is 18.9 Å². The molecule has 1 aromatic carbocycles. The summed E-state index contributed by atoms with van der Waals surface area (Å²) in [6, 6.07) is 4.67. The smallest absolute Gasteiger partial charge is 0.415 e. The zero-order valence-electron chi connectivity index (χ0n) is 27.7. The van der Waals surface area contributed by atoms with E-state index in [1.54, 1.807) is 44.7 Å². The highest BCUT2D eigenvalue weighted by atomic mass is 19.1. The summed E-state index contributed by atoms with van der Waals surface area (Å²) >= 11 is 0. The lowest BCUT2D eigenvalue weighted by molar-refractivity contribution is -0.125. The number of amides is 3. The van der Waals surface area contributed by atoms with Crippen LogP contribution in [0.15, 0.2) is 30.6 Å². The zero-order chi connectivity index (χ0) is 33.9. The Balaban J connectivity index is 1.14. The molecule has 3 aromatic rings. The summed E-state index contributed by atoms with van der Waals surface area (Å²) in [5, 5.41) is 3.84. The summed E-state index contributed by atoms with van der Waals surface area (Å²) in [5.41, 5.74) is 0.491. The third-order valence-corrected chi connectivity index (χ3v) is 8.34. The lowest BCUT2D eigenvalue weighted by Crippen LogP contribution is -2.66. The van der Waals surface area contributed by atoms with Gasteiger partial charge in [-0.2, -0.15) is 0 Å². The average Bonchev–Trinajstić information content (AvgIpc) is 2.91. The van der Waals surface area contributed by atoms with Crippen molar-refractivity contribution in [2.75, 3.05) is 36.5 Å². The summed E-state index contributed by atoms with van der Waals surface area (Å²) in [6.45, 7) is 14.3. The molecule has 2 aromatic heterocycles. The van der Waals surface area contributed by atoms with Gasteiger partial charge in [0.1, 0.15) is 41.2 Å². The van der Waals surface area contributed by atoms with Gasteiger partial charge in [0.05, 0.1) is 6.54 Å². The number of anilines is 2. The molecular formula is C34H40FN5O7. The Morgan fingerprint density at radius 3 is 2.30 bits per heavy atom. The monoisotopic (exact) mass is 649 g/mol. The first-order chi connectivity index (χ1) is 22.0. The molecule has 47 heavy (non-hydrogen) atoms. The van der Waals surface area contributed by atoms with Crippen LogP contribution in [0.3, 0.4) is 0 Å². The highest BCUT2D eigenvalue weighted by molar-refractivity contribution is 5.95. The second-order valence-electron chi connectivity index (χ2n) is 14.6. The van der Waals surface area contributed by atoms with Gasteiger partial charge in [0.2, 0.25) is 5.88 Å². The molecule has 3 amide bonds. The van der Waals surface area contributed by atoms with E-state index in [-0.39, 0.29) is 48.0 Å². The minimum Gasteiger partial charge on any atom is -0.474 e. The second kappa shape index (κ2) is 11.5. The lowest BCUT2D eigenvalue weighted by Gasteiger charge is -2.57. The van der Waals surface area contributed by atoms with Crippen molar-refractivity contribution in [3.8, 4) is 17.0 Å². The summed E-state index contributed by atoms with van der Waals surface area (Å²) in [7, 11) is 0. The van der Waals surface area contributed by atoms with Gasteiger partial charge in [-0.05, 0) is 90.5 Å². The maximum Gasteiger partial charge on any atom is 0.415 e. The van der Waals surface area contributed by atoms with Gasteiger partial charge in [-0.3, -0.25) is 10.2 Å². The lowest BCUT2D eigenvalue weighted by atomic mass is 9.62. The van der Waals surface area contributed by atoms with E-state index in [0.717, 1.165) is 0 Å². The highest BCUT2D eigenvalue weighted by Crippen LogP contribution is 2.50. The molecular weight excluding hydrogens is 609 g/mol. The third kappa shape index (κ3) is 6.75. The number of hydrogen-bond donors (Lipinski definition) is 1. The van der Waals surface area contributed by atoms with Crippen LogP contribution in [0.5, 0.6) is 5.88 Å². The standard InChI is InChI=1S/C34H40FN5O7/c1-19-24(16-37-28-27(19)40(8-9-44-28)31(43)47-33(5,6)7)23-10-20-12-26(36-15-21(20)11-25(23)35)38-29(41)45-22-13-34(14-22)17-39(18-34)30(42)46-32(2,3)4/h10-12,15-16,22H,8-9,13-14,17-18H2,1-7H3,(H,36,38,41). The van der Waals surface area contributed by atoms with Crippen molar-refractivity contribution in [1.29, 1.82) is 0 Å². The highest BCUT2D eigenvalue weighted by Gasteiger charge is 2.55. The number of nitrogens with one attached hydrogen (secondary N) is 1. The van der Waals surface area contributed by atoms with E-state index in [9.17, 15) is 14.4 Å². The normalized spacial score (nSPS) is 17.3. The van der Waals surface area contributed by atoms with Crippen molar-refractivity contribution >= 4 is 40.6 Å². The Labute approximate surface area is 272 Å². The van der Waals surface area contributed by atoms with E-state index in [2.05, 4.69) is 15.3 Å². The van der Waals surface area contributed by atoms with Crippen molar-refractivity contribution in [2.24, 2.45) is 5.41 Å². The SMILES string of the molecule is Cc1c(-c2cc3cc(NC(=O)OC4CC5(C4)CN(C(=O)OC(C)(C)C)C5)ncc3cc2F)cnc2c1N(C(=O)OC(C)(C)C)CCO2. The number of rotatable bonds is 3. The van der Waals surface area contributed by atoms with Gasteiger partial charge in [0.25, 0.3) is 0 Å². The first-order valence-electron chi connectivity index (χ1n) is 15.7. The van der Waals surface area contributed by atoms with E-state index >= 15 is 4.39 Å². The molecule has 0 bridgehead atoms. The first kappa shape index (κ1) is 32.3. The fraction of sp³-hybridized carbons (Fsp3) is 0.500. The van der Waals surface area contributed by atoms with Gasteiger partial charge in [0, 0.05) is 47.4 Å². The van der Waals surface area contributed by atoms with Crippen LogP contribution in [0.1, 0.15) is 59.9 Å². The zero-order valence-corrected chi connectivity index (χ0v) is 27.7. The molecule has 0 atom stereocenters. The number of halogens is 1. The molecule has 4 heterocycles. The molecule has 1 N–H and O–H groups in total.